The molecular formula is C22H29N3O4. The highest BCUT2D eigenvalue weighted by atomic mass is 16.5. The topological polar surface area (TPSA) is 92.9 Å². The first-order valence-electron chi connectivity index (χ1n) is 10.5. The minimum absolute atomic E-state index is 0.00348. The molecule has 7 heteroatoms. The fourth-order valence-corrected chi connectivity index (χ4v) is 5.06. The number of benzene rings is 1. The van der Waals surface area contributed by atoms with Gasteiger partial charge >= 0.3 is 0 Å². The van der Waals surface area contributed by atoms with Crippen molar-refractivity contribution in [3.63, 3.8) is 0 Å². The number of nitrogens with zero attached hydrogens (tertiary/aromatic N) is 2. The Morgan fingerprint density at radius 2 is 1.72 bits per heavy atom. The highest BCUT2D eigenvalue weighted by molar-refractivity contribution is 5.89. The molecule has 1 atom stereocenters. The SMILES string of the molecule is NC(=O)C1CC(=O)N(C2CCN(C(=O)C3(c4ccccc4)CCOCC3)CC2)C1. The van der Waals surface area contributed by atoms with Gasteiger partial charge in [0.1, 0.15) is 0 Å². The lowest BCUT2D eigenvalue weighted by atomic mass is 9.72. The van der Waals surface area contributed by atoms with E-state index in [1.807, 2.05) is 35.2 Å². The van der Waals surface area contributed by atoms with Crippen LogP contribution >= 0.6 is 0 Å². The van der Waals surface area contributed by atoms with Crippen molar-refractivity contribution < 1.29 is 19.1 Å². The van der Waals surface area contributed by atoms with E-state index in [0.717, 1.165) is 18.4 Å². The van der Waals surface area contributed by atoms with Crippen molar-refractivity contribution in [2.75, 3.05) is 32.8 Å². The van der Waals surface area contributed by atoms with E-state index in [1.54, 1.807) is 4.90 Å². The molecule has 2 N–H and O–H groups in total. The van der Waals surface area contributed by atoms with Gasteiger partial charge in [-0.2, -0.15) is 0 Å². The van der Waals surface area contributed by atoms with Crippen molar-refractivity contribution in [3.05, 3.63) is 35.9 Å². The van der Waals surface area contributed by atoms with Gasteiger partial charge < -0.3 is 20.3 Å². The summed E-state index contributed by atoms with van der Waals surface area (Å²) in [6.07, 6.45) is 3.08. The monoisotopic (exact) mass is 399 g/mol. The summed E-state index contributed by atoms with van der Waals surface area (Å²) in [5.74, 6) is -0.611. The molecule has 3 aliphatic rings. The molecule has 7 nitrogen and oxygen atoms in total. The molecule has 156 valence electrons. The van der Waals surface area contributed by atoms with Crippen LogP contribution in [0.2, 0.25) is 0 Å². The zero-order valence-electron chi connectivity index (χ0n) is 16.7. The molecule has 0 aliphatic carbocycles. The Kier molecular flexibility index (Phi) is 5.58. The molecule has 1 aromatic carbocycles. The maximum atomic E-state index is 13.6. The zero-order chi connectivity index (χ0) is 20.4. The Bertz CT molecular complexity index is 768. The smallest absolute Gasteiger partial charge is 0.233 e. The third kappa shape index (κ3) is 3.75. The van der Waals surface area contributed by atoms with Gasteiger partial charge in [-0.25, -0.2) is 0 Å². The molecule has 1 aromatic rings. The molecule has 0 saturated carbocycles. The second-order valence-electron chi connectivity index (χ2n) is 8.43. The number of amides is 3. The van der Waals surface area contributed by atoms with Gasteiger partial charge in [0.2, 0.25) is 17.7 Å². The third-order valence-electron chi connectivity index (χ3n) is 6.84. The van der Waals surface area contributed by atoms with Crippen LogP contribution in [0.3, 0.4) is 0 Å². The molecule has 3 heterocycles. The highest BCUT2D eigenvalue weighted by Gasteiger charge is 2.45. The van der Waals surface area contributed by atoms with Crippen molar-refractivity contribution in [2.24, 2.45) is 11.7 Å². The van der Waals surface area contributed by atoms with Gasteiger partial charge in [-0.15, -0.1) is 0 Å². The number of primary amides is 1. The van der Waals surface area contributed by atoms with Gasteiger partial charge in [0.15, 0.2) is 0 Å². The van der Waals surface area contributed by atoms with E-state index in [1.165, 1.54) is 0 Å². The average molecular weight is 399 g/mol. The molecule has 0 radical (unpaired) electrons. The van der Waals surface area contributed by atoms with Crippen molar-refractivity contribution in [3.8, 4) is 0 Å². The standard InChI is InChI=1S/C22H29N3O4/c23-20(27)16-14-19(26)25(15-16)18-6-10-24(11-7-18)21(28)22(8-12-29-13-9-22)17-4-2-1-3-5-17/h1-5,16,18H,6-15H2,(H2,23,27). The maximum absolute atomic E-state index is 13.6. The van der Waals surface area contributed by atoms with Crippen molar-refractivity contribution >= 4 is 17.7 Å². The van der Waals surface area contributed by atoms with Gasteiger partial charge in [-0.05, 0) is 31.2 Å². The Labute approximate surface area is 171 Å². The van der Waals surface area contributed by atoms with Crippen LogP contribution in [-0.2, 0) is 24.5 Å². The molecule has 0 aromatic heterocycles. The Hall–Kier alpha value is -2.41. The third-order valence-corrected chi connectivity index (χ3v) is 6.84. The maximum Gasteiger partial charge on any atom is 0.233 e. The first-order valence-corrected chi connectivity index (χ1v) is 10.5. The summed E-state index contributed by atoms with van der Waals surface area (Å²) < 4.78 is 5.56. The fraction of sp³-hybridized carbons (Fsp3) is 0.591. The molecule has 29 heavy (non-hydrogen) atoms. The summed E-state index contributed by atoms with van der Waals surface area (Å²) in [4.78, 5) is 41.2. The predicted molar refractivity (Wildman–Crippen MR) is 107 cm³/mol. The summed E-state index contributed by atoms with van der Waals surface area (Å²) in [7, 11) is 0. The molecule has 1 unspecified atom stereocenters. The van der Waals surface area contributed by atoms with Crippen LogP contribution < -0.4 is 5.73 Å². The molecule has 3 fully saturated rings. The summed E-state index contributed by atoms with van der Waals surface area (Å²) in [6, 6.07) is 10.1. The number of rotatable bonds is 4. The van der Waals surface area contributed by atoms with E-state index in [9.17, 15) is 14.4 Å². The van der Waals surface area contributed by atoms with E-state index in [4.69, 9.17) is 10.5 Å². The quantitative estimate of drug-likeness (QED) is 0.819. The van der Waals surface area contributed by atoms with Gasteiger partial charge in [0, 0.05) is 45.3 Å². The van der Waals surface area contributed by atoms with E-state index in [2.05, 4.69) is 0 Å². The van der Waals surface area contributed by atoms with E-state index in [-0.39, 0.29) is 30.2 Å². The van der Waals surface area contributed by atoms with Crippen molar-refractivity contribution in [1.82, 2.24) is 9.80 Å². The van der Waals surface area contributed by atoms with E-state index in [0.29, 0.717) is 45.7 Å². The van der Waals surface area contributed by atoms with Crippen LogP contribution in [0.15, 0.2) is 30.3 Å². The number of hydrogen-bond acceptors (Lipinski definition) is 4. The van der Waals surface area contributed by atoms with Crippen LogP contribution in [0, 0.1) is 5.92 Å². The molecule has 3 aliphatic heterocycles. The Morgan fingerprint density at radius 1 is 1.07 bits per heavy atom. The lowest BCUT2D eigenvalue weighted by Gasteiger charge is -2.43. The lowest BCUT2D eigenvalue weighted by molar-refractivity contribution is -0.143. The second kappa shape index (κ2) is 8.14. The molecule has 3 saturated heterocycles. The van der Waals surface area contributed by atoms with E-state index >= 15 is 0 Å². The summed E-state index contributed by atoms with van der Waals surface area (Å²) >= 11 is 0. The molecule has 4 rings (SSSR count). The number of nitrogens with two attached hydrogens (primary N) is 1. The number of carbonyl (C=O) groups is 3. The predicted octanol–water partition coefficient (Wildman–Crippen LogP) is 1.06. The van der Waals surface area contributed by atoms with Crippen molar-refractivity contribution in [1.29, 1.82) is 0 Å². The number of piperidine rings is 1. The van der Waals surface area contributed by atoms with Crippen LogP contribution in [0.25, 0.3) is 0 Å². The largest absolute Gasteiger partial charge is 0.381 e. The fourth-order valence-electron chi connectivity index (χ4n) is 5.06. The van der Waals surface area contributed by atoms with Gasteiger partial charge in [-0.3, -0.25) is 14.4 Å². The van der Waals surface area contributed by atoms with Crippen LogP contribution in [0.4, 0.5) is 0 Å². The van der Waals surface area contributed by atoms with Gasteiger partial charge in [0.05, 0.1) is 11.3 Å². The number of carbonyl (C=O) groups excluding carboxylic acids is 3. The van der Waals surface area contributed by atoms with Crippen LogP contribution in [0.5, 0.6) is 0 Å². The Morgan fingerprint density at radius 3 is 2.31 bits per heavy atom. The van der Waals surface area contributed by atoms with E-state index < -0.39 is 11.3 Å². The first kappa shape index (κ1) is 19.9. The first-order chi connectivity index (χ1) is 14.0. The normalized spacial score (nSPS) is 25.2. The van der Waals surface area contributed by atoms with Crippen molar-refractivity contribution in [2.45, 2.75) is 43.6 Å². The zero-order valence-corrected chi connectivity index (χ0v) is 16.7. The molecule has 3 amide bonds. The second-order valence-corrected chi connectivity index (χ2v) is 8.43. The van der Waals surface area contributed by atoms with Gasteiger partial charge in [0.25, 0.3) is 0 Å². The van der Waals surface area contributed by atoms with Crippen LogP contribution in [0.1, 0.15) is 37.7 Å². The summed E-state index contributed by atoms with van der Waals surface area (Å²) in [5.41, 5.74) is 5.93. The Balaban J connectivity index is 1.44. The molecule has 0 spiro atoms. The average Bonchev–Trinajstić information content (AvgIpc) is 3.16. The minimum atomic E-state index is -0.521. The molecular weight excluding hydrogens is 370 g/mol. The van der Waals surface area contributed by atoms with Crippen LogP contribution in [-0.4, -0.2) is 66.4 Å². The lowest BCUT2D eigenvalue weighted by Crippen LogP contribution is -2.54. The number of ether oxygens (including phenoxy) is 1. The summed E-state index contributed by atoms with van der Waals surface area (Å²) in [6.45, 7) is 2.85. The number of likely N-dealkylation sites (tertiary alicyclic amines) is 2. The minimum Gasteiger partial charge on any atom is -0.381 e. The summed E-state index contributed by atoms with van der Waals surface area (Å²) in [5, 5.41) is 0. The van der Waals surface area contributed by atoms with Gasteiger partial charge in [-0.1, -0.05) is 30.3 Å². The molecule has 0 bridgehead atoms. The number of hydrogen-bond donors (Lipinski definition) is 1. The highest BCUT2D eigenvalue weighted by Crippen LogP contribution is 2.38.